The molecule has 1 saturated heterocycles. The first kappa shape index (κ1) is 15.9. The van der Waals surface area contributed by atoms with Crippen LogP contribution in [0.2, 0.25) is 4.34 Å². The van der Waals surface area contributed by atoms with Crippen LogP contribution < -0.4 is 4.90 Å². The van der Waals surface area contributed by atoms with Crippen molar-refractivity contribution in [3.63, 3.8) is 0 Å². The van der Waals surface area contributed by atoms with Gasteiger partial charge in [0, 0.05) is 26.2 Å². The topological polar surface area (TPSA) is 66.7 Å². The number of fused-ring (bicyclic) bond motifs is 1. The van der Waals surface area contributed by atoms with Gasteiger partial charge in [-0.05, 0) is 24.3 Å². The molecule has 24 heavy (non-hydrogen) atoms. The Kier molecular flexibility index (Phi) is 4.00. The summed E-state index contributed by atoms with van der Waals surface area (Å²) in [6, 6.07) is 11.3. The molecule has 1 aromatic carbocycles. The van der Waals surface area contributed by atoms with Crippen LogP contribution in [0.15, 0.2) is 45.0 Å². The van der Waals surface area contributed by atoms with Gasteiger partial charge in [0.2, 0.25) is 0 Å². The van der Waals surface area contributed by atoms with Gasteiger partial charge in [-0.15, -0.1) is 11.3 Å². The Hall–Kier alpha value is -1.61. The zero-order valence-electron chi connectivity index (χ0n) is 12.6. The Morgan fingerprint density at radius 1 is 1.08 bits per heavy atom. The minimum Gasteiger partial charge on any atom is -0.423 e. The second kappa shape index (κ2) is 6.03. The minimum atomic E-state index is -3.48. The zero-order chi connectivity index (χ0) is 16.7. The number of rotatable bonds is 3. The molecular weight excluding hydrogens is 370 g/mol. The molecule has 0 aliphatic carbocycles. The molecule has 0 spiro atoms. The van der Waals surface area contributed by atoms with Crippen LogP contribution >= 0.6 is 22.9 Å². The van der Waals surface area contributed by atoms with Gasteiger partial charge in [0.15, 0.2) is 5.58 Å². The van der Waals surface area contributed by atoms with Gasteiger partial charge in [-0.25, -0.2) is 8.42 Å². The SMILES string of the molecule is O=S(=O)(c1ccc(Cl)s1)N1CCN(c2nc3ccccc3o2)CC1. The first-order valence-electron chi connectivity index (χ1n) is 7.40. The number of oxazole rings is 1. The van der Waals surface area contributed by atoms with Crippen molar-refractivity contribution in [1.29, 1.82) is 0 Å². The Bertz CT molecular complexity index is 942. The van der Waals surface area contributed by atoms with E-state index >= 15 is 0 Å². The fraction of sp³-hybridized carbons (Fsp3) is 0.267. The molecule has 0 amide bonds. The lowest BCUT2D eigenvalue weighted by Gasteiger charge is -2.32. The highest BCUT2D eigenvalue weighted by Gasteiger charge is 2.31. The molecule has 0 saturated carbocycles. The molecule has 1 aliphatic rings. The van der Waals surface area contributed by atoms with Gasteiger partial charge >= 0.3 is 0 Å². The normalized spacial score (nSPS) is 16.8. The van der Waals surface area contributed by atoms with Gasteiger partial charge in [-0.3, -0.25) is 0 Å². The third-order valence-corrected chi connectivity index (χ3v) is 7.53. The molecule has 1 aliphatic heterocycles. The molecule has 6 nitrogen and oxygen atoms in total. The highest BCUT2D eigenvalue weighted by atomic mass is 35.5. The van der Waals surface area contributed by atoms with Crippen LogP contribution in [-0.2, 0) is 10.0 Å². The Morgan fingerprint density at radius 2 is 1.83 bits per heavy atom. The third-order valence-electron chi connectivity index (χ3n) is 3.93. The van der Waals surface area contributed by atoms with E-state index < -0.39 is 10.0 Å². The third kappa shape index (κ3) is 2.79. The summed E-state index contributed by atoms with van der Waals surface area (Å²) in [5.74, 6) is 0. The molecule has 0 unspecified atom stereocenters. The molecule has 0 radical (unpaired) electrons. The maximum absolute atomic E-state index is 12.6. The average Bonchev–Trinajstić information content (AvgIpc) is 3.21. The van der Waals surface area contributed by atoms with Gasteiger partial charge in [-0.2, -0.15) is 9.29 Å². The van der Waals surface area contributed by atoms with E-state index in [-0.39, 0.29) is 4.21 Å². The van der Waals surface area contributed by atoms with Crippen LogP contribution in [0, 0.1) is 0 Å². The Morgan fingerprint density at radius 3 is 2.50 bits per heavy atom. The van der Waals surface area contributed by atoms with Crippen LogP contribution in [0.4, 0.5) is 6.01 Å². The van der Waals surface area contributed by atoms with E-state index in [0.29, 0.717) is 36.5 Å². The fourth-order valence-electron chi connectivity index (χ4n) is 2.68. The predicted molar refractivity (Wildman–Crippen MR) is 94.3 cm³/mol. The molecule has 2 aromatic heterocycles. The van der Waals surface area contributed by atoms with Crippen LogP contribution in [0.1, 0.15) is 0 Å². The second-order valence-corrected chi connectivity index (χ2v) is 9.29. The number of piperazine rings is 1. The van der Waals surface area contributed by atoms with Crippen molar-refractivity contribution in [2.24, 2.45) is 0 Å². The molecule has 1 fully saturated rings. The maximum atomic E-state index is 12.6. The lowest BCUT2D eigenvalue weighted by Crippen LogP contribution is -2.48. The highest BCUT2D eigenvalue weighted by molar-refractivity contribution is 7.91. The van der Waals surface area contributed by atoms with E-state index in [1.54, 1.807) is 12.1 Å². The van der Waals surface area contributed by atoms with Gasteiger partial charge in [0.25, 0.3) is 16.0 Å². The van der Waals surface area contributed by atoms with Crippen molar-refractivity contribution in [3.05, 3.63) is 40.7 Å². The number of thiophene rings is 1. The summed E-state index contributed by atoms with van der Waals surface area (Å²) in [6.07, 6.45) is 0. The molecule has 0 bridgehead atoms. The summed E-state index contributed by atoms with van der Waals surface area (Å²) >= 11 is 6.93. The number of anilines is 1. The number of hydrogen-bond acceptors (Lipinski definition) is 6. The van der Waals surface area contributed by atoms with Crippen molar-refractivity contribution in [2.45, 2.75) is 4.21 Å². The highest BCUT2D eigenvalue weighted by Crippen LogP contribution is 2.29. The summed E-state index contributed by atoms with van der Waals surface area (Å²) < 4.78 is 33.2. The first-order valence-corrected chi connectivity index (χ1v) is 10.0. The van der Waals surface area contributed by atoms with E-state index in [4.69, 9.17) is 16.0 Å². The summed E-state index contributed by atoms with van der Waals surface area (Å²) in [7, 11) is -3.48. The maximum Gasteiger partial charge on any atom is 0.298 e. The number of para-hydroxylation sites is 2. The number of halogens is 1. The van der Waals surface area contributed by atoms with E-state index in [1.807, 2.05) is 29.2 Å². The number of sulfonamides is 1. The van der Waals surface area contributed by atoms with Crippen molar-refractivity contribution < 1.29 is 12.8 Å². The van der Waals surface area contributed by atoms with Crippen LogP contribution in [0.5, 0.6) is 0 Å². The van der Waals surface area contributed by atoms with Gasteiger partial charge < -0.3 is 9.32 Å². The van der Waals surface area contributed by atoms with E-state index in [2.05, 4.69) is 4.98 Å². The Labute approximate surface area is 148 Å². The van der Waals surface area contributed by atoms with Crippen molar-refractivity contribution in [3.8, 4) is 0 Å². The van der Waals surface area contributed by atoms with Crippen LogP contribution in [0.3, 0.4) is 0 Å². The van der Waals surface area contributed by atoms with Crippen molar-refractivity contribution >= 4 is 50.1 Å². The number of hydrogen-bond donors (Lipinski definition) is 0. The van der Waals surface area contributed by atoms with E-state index in [0.717, 1.165) is 22.4 Å². The molecule has 3 aromatic rings. The molecule has 0 atom stereocenters. The largest absolute Gasteiger partial charge is 0.423 e. The molecular formula is C15H14ClN3O3S2. The summed E-state index contributed by atoms with van der Waals surface area (Å²) in [4.78, 5) is 6.43. The molecule has 126 valence electrons. The van der Waals surface area contributed by atoms with E-state index in [1.165, 1.54) is 4.31 Å². The molecule has 3 heterocycles. The predicted octanol–water partition coefficient (Wildman–Crippen LogP) is 3.05. The van der Waals surface area contributed by atoms with Gasteiger partial charge in [0.05, 0.1) is 4.34 Å². The number of benzene rings is 1. The molecule has 4 rings (SSSR count). The molecule has 0 N–H and O–H groups in total. The number of aromatic nitrogens is 1. The number of nitrogens with zero attached hydrogens (tertiary/aromatic N) is 3. The Balaban J connectivity index is 1.50. The smallest absolute Gasteiger partial charge is 0.298 e. The lowest BCUT2D eigenvalue weighted by molar-refractivity contribution is 0.374. The monoisotopic (exact) mass is 383 g/mol. The van der Waals surface area contributed by atoms with Crippen LogP contribution in [-0.4, -0.2) is 43.9 Å². The zero-order valence-corrected chi connectivity index (χ0v) is 14.9. The molecule has 9 heteroatoms. The van der Waals surface area contributed by atoms with Crippen molar-refractivity contribution in [1.82, 2.24) is 9.29 Å². The summed E-state index contributed by atoms with van der Waals surface area (Å²) in [6.45, 7) is 1.84. The van der Waals surface area contributed by atoms with E-state index in [9.17, 15) is 8.42 Å². The minimum absolute atomic E-state index is 0.280. The van der Waals surface area contributed by atoms with Gasteiger partial charge in [0.1, 0.15) is 9.73 Å². The lowest BCUT2D eigenvalue weighted by atomic mass is 10.3. The standard InChI is InChI=1S/C15H14ClN3O3S2/c16-13-5-6-14(23-13)24(20,21)19-9-7-18(8-10-19)15-17-11-3-1-2-4-12(11)22-15/h1-6H,7-10H2. The van der Waals surface area contributed by atoms with Crippen LogP contribution in [0.25, 0.3) is 11.1 Å². The fourth-order valence-corrected chi connectivity index (χ4v) is 5.74. The quantitative estimate of drug-likeness (QED) is 0.695. The summed E-state index contributed by atoms with van der Waals surface area (Å²) in [5, 5.41) is 0. The van der Waals surface area contributed by atoms with Crippen molar-refractivity contribution in [2.75, 3.05) is 31.1 Å². The summed E-state index contributed by atoms with van der Waals surface area (Å²) in [5.41, 5.74) is 1.53. The second-order valence-electron chi connectivity index (χ2n) is 5.41. The average molecular weight is 384 g/mol. The first-order chi connectivity index (χ1) is 11.5. The van der Waals surface area contributed by atoms with Gasteiger partial charge in [-0.1, -0.05) is 23.7 Å².